The smallest absolute Gasteiger partial charge is 0.337 e. The number of pyridine rings is 1. The number of rotatable bonds is 5. The van der Waals surface area contributed by atoms with Crippen molar-refractivity contribution < 1.29 is 9.90 Å². The molecule has 0 bridgehead atoms. The number of aromatic nitrogens is 1. The first kappa shape index (κ1) is 15.1. The van der Waals surface area contributed by atoms with Gasteiger partial charge in [-0.1, -0.05) is 25.4 Å². The predicted molar refractivity (Wildman–Crippen MR) is 79.7 cm³/mol. The van der Waals surface area contributed by atoms with E-state index in [4.69, 9.17) is 16.7 Å². The maximum Gasteiger partial charge on any atom is 0.337 e. The zero-order valence-electron chi connectivity index (χ0n) is 11.8. The van der Waals surface area contributed by atoms with Crippen molar-refractivity contribution in [1.29, 1.82) is 0 Å². The standard InChI is InChI=1S/C14H20ClN3O2/c1-3-17(4-2)10-5-6-18(9-10)13-7-11(14(19)20)12(15)8-16-13/h7-8,10H,3-6,9H2,1-2H3,(H,19,20). The molecule has 20 heavy (non-hydrogen) atoms. The van der Waals surface area contributed by atoms with E-state index in [1.54, 1.807) is 6.07 Å². The van der Waals surface area contributed by atoms with Crippen LogP contribution in [0.5, 0.6) is 0 Å². The van der Waals surface area contributed by atoms with Crippen LogP contribution < -0.4 is 4.90 Å². The van der Waals surface area contributed by atoms with Gasteiger partial charge in [-0.15, -0.1) is 0 Å². The molecule has 2 rings (SSSR count). The van der Waals surface area contributed by atoms with Crippen LogP contribution >= 0.6 is 11.6 Å². The molecule has 0 aliphatic carbocycles. The van der Waals surface area contributed by atoms with Crippen LogP contribution in [0.3, 0.4) is 0 Å². The van der Waals surface area contributed by atoms with Crippen molar-refractivity contribution in [2.45, 2.75) is 26.3 Å². The van der Waals surface area contributed by atoms with Gasteiger partial charge in [-0.2, -0.15) is 0 Å². The van der Waals surface area contributed by atoms with Crippen molar-refractivity contribution in [1.82, 2.24) is 9.88 Å². The van der Waals surface area contributed by atoms with Gasteiger partial charge in [0.1, 0.15) is 5.82 Å². The van der Waals surface area contributed by atoms with Gasteiger partial charge >= 0.3 is 5.97 Å². The highest BCUT2D eigenvalue weighted by molar-refractivity contribution is 6.33. The normalized spacial score (nSPS) is 18.8. The largest absolute Gasteiger partial charge is 0.478 e. The van der Waals surface area contributed by atoms with Gasteiger partial charge in [0.15, 0.2) is 0 Å². The third-order valence-electron chi connectivity index (χ3n) is 3.89. The fourth-order valence-electron chi connectivity index (χ4n) is 2.75. The number of nitrogens with zero attached hydrogens (tertiary/aromatic N) is 3. The first-order valence-electron chi connectivity index (χ1n) is 6.94. The van der Waals surface area contributed by atoms with Crippen LogP contribution in [0.1, 0.15) is 30.6 Å². The Hall–Kier alpha value is -1.33. The molecule has 0 amide bonds. The highest BCUT2D eigenvalue weighted by atomic mass is 35.5. The van der Waals surface area contributed by atoms with Crippen LogP contribution in [0.25, 0.3) is 0 Å². The second-order valence-electron chi connectivity index (χ2n) is 4.94. The van der Waals surface area contributed by atoms with Crippen LogP contribution in [0, 0.1) is 0 Å². The number of likely N-dealkylation sites (N-methyl/N-ethyl adjacent to an activating group) is 1. The molecule has 110 valence electrons. The number of halogens is 1. The monoisotopic (exact) mass is 297 g/mol. The number of carboxylic acids is 1. The lowest BCUT2D eigenvalue weighted by molar-refractivity contribution is 0.0697. The average molecular weight is 298 g/mol. The third kappa shape index (κ3) is 3.04. The van der Waals surface area contributed by atoms with Crippen LogP contribution in [0.4, 0.5) is 5.82 Å². The number of carbonyl (C=O) groups is 1. The van der Waals surface area contributed by atoms with Crippen LogP contribution in [0.2, 0.25) is 5.02 Å². The SMILES string of the molecule is CCN(CC)C1CCN(c2cc(C(=O)O)c(Cl)cn2)C1. The summed E-state index contributed by atoms with van der Waals surface area (Å²) in [6.45, 7) is 8.17. The molecule has 1 saturated heterocycles. The molecule has 0 saturated carbocycles. The molecule has 1 atom stereocenters. The molecule has 1 aromatic rings. The van der Waals surface area contributed by atoms with E-state index in [1.807, 2.05) is 0 Å². The van der Waals surface area contributed by atoms with Gasteiger partial charge in [-0.3, -0.25) is 4.90 Å². The molecule has 5 nitrogen and oxygen atoms in total. The van der Waals surface area contributed by atoms with Gasteiger partial charge in [0, 0.05) is 25.3 Å². The topological polar surface area (TPSA) is 56.7 Å². The molecule has 1 unspecified atom stereocenters. The van der Waals surface area contributed by atoms with Crippen LogP contribution in [-0.2, 0) is 0 Å². The molecule has 2 heterocycles. The van der Waals surface area contributed by atoms with Gasteiger partial charge in [0.25, 0.3) is 0 Å². The van der Waals surface area contributed by atoms with E-state index in [0.29, 0.717) is 11.9 Å². The van der Waals surface area contributed by atoms with Crippen molar-refractivity contribution in [2.75, 3.05) is 31.1 Å². The Balaban J connectivity index is 2.14. The lowest BCUT2D eigenvalue weighted by atomic mass is 10.2. The number of hydrogen-bond donors (Lipinski definition) is 1. The Morgan fingerprint density at radius 3 is 2.85 bits per heavy atom. The third-order valence-corrected chi connectivity index (χ3v) is 4.19. The van der Waals surface area contributed by atoms with Crippen molar-refractivity contribution >= 4 is 23.4 Å². The fraction of sp³-hybridized carbons (Fsp3) is 0.571. The van der Waals surface area contributed by atoms with E-state index in [0.717, 1.165) is 32.6 Å². The van der Waals surface area contributed by atoms with Gasteiger partial charge in [0.05, 0.1) is 10.6 Å². The summed E-state index contributed by atoms with van der Waals surface area (Å²) in [5, 5.41) is 9.29. The van der Waals surface area contributed by atoms with Crippen molar-refractivity contribution in [2.24, 2.45) is 0 Å². The second kappa shape index (κ2) is 6.41. The summed E-state index contributed by atoms with van der Waals surface area (Å²) >= 11 is 5.85. The Bertz CT molecular complexity index is 491. The summed E-state index contributed by atoms with van der Waals surface area (Å²) in [6.07, 6.45) is 2.50. The Morgan fingerprint density at radius 1 is 1.55 bits per heavy atom. The summed E-state index contributed by atoms with van der Waals surface area (Å²) in [4.78, 5) is 19.9. The Labute approximate surface area is 124 Å². The minimum absolute atomic E-state index is 0.114. The molecule has 0 radical (unpaired) electrons. The molecule has 1 N–H and O–H groups in total. The van der Waals surface area contributed by atoms with Crippen LogP contribution in [-0.4, -0.2) is 53.2 Å². The second-order valence-corrected chi connectivity index (χ2v) is 5.34. The van der Waals surface area contributed by atoms with Gasteiger partial charge < -0.3 is 10.0 Å². The average Bonchev–Trinajstić information content (AvgIpc) is 2.90. The number of carboxylic acid groups (broad SMARTS) is 1. The van der Waals surface area contributed by atoms with Gasteiger partial charge in [0.2, 0.25) is 0 Å². The fourth-order valence-corrected chi connectivity index (χ4v) is 2.94. The summed E-state index contributed by atoms with van der Waals surface area (Å²) in [5.74, 6) is -0.320. The minimum Gasteiger partial charge on any atom is -0.478 e. The molecule has 1 fully saturated rings. The molecular weight excluding hydrogens is 278 g/mol. The quantitative estimate of drug-likeness (QED) is 0.904. The highest BCUT2D eigenvalue weighted by Crippen LogP contribution is 2.25. The molecule has 0 spiro atoms. The predicted octanol–water partition coefficient (Wildman–Crippen LogP) is 2.35. The van der Waals surface area contributed by atoms with E-state index >= 15 is 0 Å². The highest BCUT2D eigenvalue weighted by Gasteiger charge is 2.27. The zero-order valence-corrected chi connectivity index (χ0v) is 12.6. The summed E-state index contributed by atoms with van der Waals surface area (Å²) in [6, 6.07) is 2.07. The lowest BCUT2D eigenvalue weighted by Gasteiger charge is -2.26. The first-order chi connectivity index (χ1) is 9.56. The van der Waals surface area contributed by atoms with E-state index in [-0.39, 0.29) is 10.6 Å². The molecule has 1 aliphatic heterocycles. The summed E-state index contributed by atoms with van der Waals surface area (Å²) in [5.41, 5.74) is 0.114. The molecule has 0 aromatic carbocycles. The molecule has 1 aliphatic rings. The lowest BCUT2D eigenvalue weighted by Crippen LogP contribution is -2.37. The van der Waals surface area contributed by atoms with E-state index in [2.05, 4.69) is 28.6 Å². The Morgan fingerprint density at radius 2 is 2.25 bits per heavy atom. The van der Waals surface area contributed by atoms with Crippen LogP contribution in [0.15, 0.2) is 12.3 Å². The maximum atomic E-state index is 11.1. The van der Waals surface area contributed by atoms with E-state index in [9.17, 15) is 4.79 Å². The first-order valence-corrected chi connectivity index (χ1v) is 7.32. The number of hydrogen-bond acceptors (Lipinski definition) is 4. The van der Waals surface area contributed by atoms with Gasteiger partial charge in [-0.05, 0) is 25.6 Å². The summed E-state index contributed by atoms with van der Waals surface area (Å²) in [7, 11) is 0. The summed E-state index contributed by atoms with van der Waals surface area (Å²) < 4.78 is 0. The zero-order chi connectivity index (χ0) is 14.7. The van der Waals surface area contributed by atoms with E-state index < -0.39 is 5.97 Å². The van der Waals surface area contributed by atoms with Crippen molar-refractivity contribution in [3.8, 4) is 0 Å². The number of aromatic carboxylic acids is 1. The molecule has 6 heteroatoms. The number of anilines is 1. The molecular formula is C14H20ClN3O2. The van der Waals surface area contributed by atoms with Crippen molar-refractivity contribution in [3.05, 3.63) is 22.8 Å². The maximum absolute atomic E-state index is 11.1. The Kier molecular flexibility index (Phi) is 4.83. The minimum atomic E-state index is -1.02. The van der Waals surface area contributed by atoms with Crippen molar-refractivity contribution in [3.63, 3.8) is 0 Å². The van der Waals surface area contributed by atoms with Gasteiger partial charge in [-0.25, -0.2) is 9.78 Å². The molecule has 1 aromatic heterocycles. The van der Waals surface area contributed by atoms with E-state index in [1.165, 1.54) is 6.20 Å².